The highest BCUT2D eigenvalue weighted by atomic mass is 16.5. The van der Waals surface area contributed by atoms with Gasteiger partial charge in [-0.15, -0.1) is 0 Å². The fourth-order valence-electron chi connectivity index (χ4n) is 2.17. The van der Waals surface area contributed by atoms with Gasteiger partial charge in [0.1, 0.15) is 6.29 Å². The first-order chi connectivity index (χ1) is 11.5. The summed E-state index contributed by atoms with van der Waals surface area (Å²) < 4.78 is 10.6. The molecule has 0 fully saturated rings. The van der Waals surface area contributed by atoms with E-state index in [9.17, 15) is 9.59 Å². The van der Waals surface area contributed by atoms with Crippen LogP contribution in [0, 0.1) is 0 Å². The Labute approximate surface area is 141 Å². The number of nitrogens with one attached hydrogen (secondary N) is 1. The zero-order valence-electron chi connectivity index (χ0n) is 14.0. The molecule has 5 heteroatoms. The van der Waals surface area contributed by atoms with Gasteiger partial charge in [-0.1, -0.05) is 26.0 Å². The van der Waals surface area contributed by atoms with Crippen LogP contribution in [0.5, 0.6) is 11.5 Å². The predicted molar refractivity (Wildman–Crippen MR) is 93.0 cm³/mol. The van der Waals surface area contributed by atoms with E-state index in [0.29, 0.717) is 23.0 Å². The fourth-order valence-corrected chi connectivity index (χ4v) is 2.17. The molecule has 1 N–H and O–H groups in total. The van der Waals surface area contributed by atoms with Gasteiger partial charge in [0.05, 0.1) is 7.11 Å². The van der Waals surface area contributed by atoms with Gasteiger partial charge in [-0.05, 0) is 41.8 Å². The van der Waals surface area contributed by atoms with Crippen molar-refractivity contribution in [2.75, 3.05) is 19.0 Å². The Kier molecular flexibility index (Phi) is 5.95. The average Bonchev–Trinajstić information content (AvgIpc) is 2.60. The van der Waals surface area contributed by atoms with Crippen LogP contribution in [0.3, 0.4) is 0 Å². The average molecular weight is 327 g/mol. The van der Waals surface area contributed by atoms with E-state index < -0.39 is 0 Å². The van der Waals surface area contributed by atoms with Gasteiger partial charge in [0.2, 0.25) is 0 Å². The minimum Gasteiger partial charge on any atom is -0.493 e. The number of benzene rings is 2. The zero-order chi connectivity index (χ0) is 17.5. The van der Waals surface area contributed by atoms with Crippen LogP contribution in [0.4, 0.5) is 5.69 Å². The van der Waals surface area contributed by atoms with Crippen molar-refractivity contribution in [2.24, 2.45) is 0 Å². The van der Waals surface area contributed by atoms with Crippen molar-refractivity contribution >= 4 is 17.9 Å². The lowest BCUT2D eigenvalue weighted by molar-refractivity contribution is -0.118. The third-order valence-electron chi connectivity index (χ3n) is 3.54. The lowest BCUT2D eigenvalue weighted by Crippen LogP contribution is -2.20. The molecule has 0 heterocycles. The minimum absolute atomic E-state index is 0.150. The second kappa shape index (κ2) is 8.15. The largest absolute Gasteiger partial charge is 0.493 e. The summed E-state index contributed by atoms with van der Waals surface area (Å²) in [6.07, 6.45) is 0.722. The van der Waals surface area contributed by atoms with Gasteiger partial charge in [0.15, 0.2) is 18.1 Å². The molecule has 0 aliphatic heterocycles. The van der Waals surface area contributed by atoms with Crippen molar-refractivity contribution in [3.63, 3.8) is 0 Å². The summed E-state index contributed by atoms with van der Waals surface area (Å²) in [7, 11) is 1.48. The smallest absolute Gasteiger partial charge is 0.262 e. The maximum atomic E-state index is 12.0. The molecule has 0 spiro atoms. The number of ether oxygens (including phenoxy) is 2. The van der Waals surface area contributed by atoms with Gasteiger partial charge in [0.25, 0.3) is 5.91 Å². The molecule has 1 amide bonds. The van der Waals surface area contributed by atoms with Gasteiger partial charge in [-0.3, -0.25) is 9.59 Å². The van der Waals surface area contributed by atoms with E-state index in [1.54, 1.807) is 18.2 Å². The molecule has 0 radical (unpaired) electrons. The van der Waals surface area contributed by atoms with Crippen molar-refractivity contribution in [1.82, 2.24) is 0 Å². The van der Waals surface area contributed by atoms with Crippen LogP contribution in [0.2, 0.25) is 0 Å². The molecule has 2 aromatic carbocycles. The summed E-state index contributed by atoms with van der Waals surface area (Å²) in [5, 5.41) is 2.78. The molecule has 0 atom stereocenters. The van der Waals surface area contributed by atoms with E-state index in [1.165, 1.54) is 12.7 Å². The van der Waals surface area contributed by atoms with Gasteiger partial charge < -0.3 is 14.8 Å². The molecule has 2 rings (SSSR count). The number of carbonyl (C=O) groups excluding carboxylic acids is 2. The van der Waals surface area contributed by atoms with E-state index in [1.807, 2.05) is 24.3 Å². The number of anilines is 1. The summed E-state index contributed by atoms with van der Waals surface area (Å²) in [6.45, 7) is 4.08. The van der Waals surface area contributed by atoms with E-state index in [2.05, 4.69) is 19.2 Å². The highest BCUT2D eigenvalue weighted by molar-refractivity contribution is 5.91. The molecule has 5 nitrogen and oxygen atoms in total. The first-order valence-electron chi connectivity index (χ1n) is 7.69. The number of hydrogen-bond donors (Lipinski definition) is 1. The Morgan fingerprint density at radius 3 is 2.42 bits per heavy atom. The number of aldehydes is 1. The number of rotatable bonds is 7. The normalized spacial score (nSPS) is 10.3. The highest BCUT2D eigenvalue weighted by Gasteiger charge is 2.09. The summed E-state index contributed by atoms with van der Waals surface area (Å²) in [6, 6.07) is 12.5. The molecule has 0 aliphatic rings. The third-order valence-corrected chi connectivity index (χ3v) is 3.54. The van der Waals surface area contributed by atoms with E-state index in [-0.39, 0.29) is 12.5 Å². The van der Waals surface area contributed by atoms with Crippen LogP contribution >= 0.6 is 0 Å². The van der Waals surface area contributed by atoms with Crippen LogP contribution in [0.25, 0.3) is 0 Å². The predicted octanol–water partition coefficient (Wildman–Crippen LogP) is 3.65. The third kappa shape index (κ3) is 4.59. The first kappa shape index (κ1) is 17.5. The monoisotopic (exact) mass is 327 g/mol. The number of methoxy groups -OCH3 is 1. The maximum absolute atomic E-state index is 12.0. The van der Waals surface area contributed by atoms with Gasteiger partial charge in [0, 0.05) is 11.3 Å². The second-order valence-corrected chi connectivity index (χ2v) is 5.64. The molecule has 24 heavy (non-hydrogen) atoms. The van der Waals surface area contributed by atoms with Gasteiger partial charge >= 0.3 is 0 Å². The molecule has 0 unspecified atom stereocenters. The topological polar surface area (TPSA) is 64.6 Å². The second-order valence-electron chi connectivity index (χ2n) is 5.64. The Morgan fingerprint density at radius 1 is 1.12 bits per heavy atom. The Morgan fingerprint density at radius 2 is 1.83 bits per heavy atom. The van der Waals surface area contributed by atoms with E-state index >= 15 is 0 Å². The van der Waals surface area contributed by atoms with E-state index in [0.717, 1.165) is 12.0 Å². The van der Waals surface area contributed by atoms with E-state index in [4.69, 9.17) is 9.47 Å². The Bertz CT molecular complexity index is 708. The quantitative estimate of drug-likeness (QED) is 0.788. The standard InChI is InChI=1S/C19H21NO4/c1-13(2)15-5-7-16(8-6-15)20-19(22)12-24-17-9-4-14(11-21)10-18(17)23-3/h4-11,13H,12H2,1-3H3,(H,20,22). The molecule has 2 aromatic rings. The zero-order valence-corrected chi connectivity index (χ0v) is 14.0. The lowest BCUT2D eigenvalue weighted by Gasteiger charge is -2.12. The number of amides is 1. The van der Waals surface area contributed by atoms with Crippen molar-refractivity contribution in [3.05, 3.63) is 53.6 Å². The maximum Gasteiger partial charge on any atom is 0.262 e. The van der Waals surface area contributed by atoms with Crippen molar-refractivity contribution in [3.8, 4) is 11.5 Å². The van der Waals surface area contributed by atoms with Gasteiger partial charge in [-0.2, -0.15) is 0 Å². The molecule has 0 aromatic heterocycles. The molecule has 126 valence electrons. The molecule has 0 aliphatic carbocycles. The highest BCUT2D eigenvalue weighted by Crippen LogP contribution is 2.27. The SMILES string of the molecule is COc1cc(C=O)ccc1OCC(=O)Nc1ccc(C(C)C)cc1. The molecule has 0 saturated carbocycles. The number of carbonyl (C=O) groups is 2. The lowest BCUT2D eigenvalue weighted by atomic mass is 10.0. The first-order valence-corrected chi connectivity index (χ1v) is 7.69. The summed E-state index contributed by atoms with van der Waals surface area (Å²) in [5.74, 6) is 0.996. The minimum atomic E-state index is -0.270. The van der Waals surface area contributed by atoms with Crippen molar-refractivity contribution < 1.29 is 19.1 Å². The summed E-state index contributed by atoms with van der Waals surface area (Å²) in [5.41, 5.74) is 2.41. The van der Waals surface area contributed by atoms with Crippen molar-refractivity contribution in [1.29, 1.82) is 0 Å². The van der Waals surface area contributed by atoms with Crippen LogP contribution in [0.15, 0.2) is 42.5 Å². The summed E-state index contributed by atoms with van der Waals surface area (Å²) >= 11 is 0. The van der Waals surface area contributed by atoms with Crippen LogP contribution in [0.1, 0.15) is 35.7 Å². The summed E-state index contributed by atoms with van der Waals surface area (Å²) in [4.78, 5) is 22.8. The van der Waals surface area contributed by atoms with Crippen LogP contribution in [-0.4, -0.2) is 25.9 Å². The Hall–Kier alpha value is -2.82. The molecule has 0 bridgehead atoms. The van der Waals surface area contributed by atoms with Gasteiger partial charge in [-0.25, -0.2) is 0 Å². The van der Waals surface area contributed by atoms with Crippen LogP contribution in [-0.2, 0) is 4.79 Å². The molecular weight excluding hydrogens is 306 g/mol. The van der Waals surface area contributed by atoms with Crippen molar-refractivity contribution in [2.45, 2.75) is 19.8 Å². The molecule has 0 saturated heterocycles. The Balaban J connectivity index is 1.94. The number of hydrogen-bond acceptors (Lipinski definition) is 4. The van der Waals surface area contributed by atoms with Crippen LogP contribution < -0.4 is 14.8 Å². The molecular formula is C19H21NO4. The fraction of sp³-hybridized carbons (Fsp3) is 0.263.